The number of ether oxygens (including phenoxy) is 1. The van der Waals surface area contributed by atoms with Gasteiger partial charge in [0.2, 0.25) is 0 Å². The van der Waals surface area contributed by atoms with Gasteiger partial charge in [-0.2, -0.15) is 0 Å². The Labute approximate surface area is 150 Å². The molecule has 0 radical (unpaired) electrons. The number of hydrogen-bond acceptors (Lipinski definition) is 8. The number of carboxylic acid groups (broad SMARTS) is 3. The van der Waals surface area contributed by atoms with Crippen LogP contribution in [0.3, 0.4) is 0 Å². The van der Waals surface area contributed by atoms with E-state index in [1.807, 2.05) is 0 Å². The summed E-state index contributed by atoms with van der Waals surface area (Å²) in [5.41, 5.74) is 0. The SMILES string of the molecule is O=C(O)CN(CCN(CC(=O)O)CC(=O)OCCCCCO)CC(=O)O. The molecule has 0 fully saturated rings. The zero-order chi connectivity index (χ0) is 19.9. The number of hydrogen-bond donors (Lipinski definition) is 4. The summed E-state index contributed by atoms with van der Waals surface area (Å²) in [5, 5.41) is 35.1. The van der Waals surface area contributed by atoms with Crippen LogP contribution in [0.15, 0.2) is 0 Å². The summed E-state index contributed by atoms with van der Waals surface area (Å²) < 4.78 is 4.98. The van der Waals surface area contributed by atoms with E-state index in [1.165, 1.54) is 4.90 Å². The van der Waals surface area contributed by atoms with Crippen LogP contribution in [0.1, 0.15) is 19.3 Å². The Morgan fingerprint density at radius 1 is 0.692 bits per heavy atom. The molecule has 0 aliphatic carbocycles. The number of aliphatic carboxylic acids is 3. The molecule has 0 aliphatic rings. The topological polar surface area (TPSA) is 165 Å². The molecule has 0 rings (SSSR count). The van der Waals surface area contributed by atoms with E-state index in [-0.39, 0.29) is 32.8 Å². The highest BCUT2D eigenvalue weighted by molar-refractivity contribution is 5.74. The lowest BCUT2D eigenvalue weighted by Gasteiger charge is -2.24. The van der Waals surface area contributed by atoms with Gasteiger partial charge in [0.1, 0.15) is 0 Å². The summed E-state index contributed by atoms with van der Waals surface area (Å²) in [7, 11) is 0. The molecule has 0 aromatic carbocycles. The molecule has 4 N–H and O–H groups in total. The first-order valence-electron chi connectivity index (χ1n) is 8.11. The zero-order valence-corrected chi connectivity index (χ0v) is 14.5. The van der Waals surface area contributed by atoms with Crippen LogP contribution < -0.4 is 0 Å². The molecule has 26 heavy (non-hydrogen) atoms. The van der Waals surface area contributed by atoms with Crippen molar-refractivity contribution in [2.75, 3.05) is 52.5 Å². The van der Waals surface area contributed by atoms with Gasteiger partial charge in [0.05, 0.1) is 32.8 Å². The molecule has 150 valence electrons. The first kappa shape index (κ1) is 23.8. The van der Waals surface area contributed by atoms with Gasteiger partial charge in [0.25, 0.3) is 0 Å². The molecule has 0 amide bonds. The number of nitrogens with zero attached hydrogens (tertiary/aromatic N) is 2. The largest absolute Gasteiger partial charge is 0.480 e. The highest BCUT2D eigenvalue weighted by Gasteiger charge is 2.19. The third kappa shape index (κ3) is 14.1. The highest BCUT2D eigenvalue weighted by atomic mass is 16.5. The van der Waals surface area contributed by atoms with Crippen molar-refractivity contribution in [3.8, 4) is 0 Å². The Hall–Kier alpha value is -2.24. The van der Waals surface area contributed by atoms with E-state index in [2.05, 4.69) is 0 Å². The van der Waals surface area contributed by atoms with E-state index >= 15 is 0 Å². The molecule has 0 atom stereocenters. The molecule has 0 aromatic rings. The number of aliphatic hydroxyl groups excluding tert-OH is 1. The second-order valence-corrected chi connectivity index (χ2v) is 5.61. The highest BCUT2D eigenvalue weighted by Crippen LogP contribution is 1.98. The van der Waals surface area contributed by atoms with E-state index in [4.69, 9.17) is 25.2 Å². The lowest BCUT2D eigenvalue weighted by molar-refractivity contribution is -0.148. The maximum Gasteiger partial charge on any atom is 0.320 e. The second-order valence-electron chi connectivity index (χ2n) is 5.61. The first-order valence-corrected chi connectivity index (χ1v) is 8.11. The summed E-state index contributed by atoms with van der Waals surface area (Å²) in [6, 6.07) is 0. The van der Waals surface area contributed by atoms with Gasteiger partial charge in [-0.05, 0) is 19.3 Å². The standard InChI is InChI=1S/C15H26N2O9/c18-6-2-1-3-7-26-15(25)11-17(10-14(23)24)5-4-16(8-12(19)20)9-13(21)22/h18H,1-11H2,(H,19,20)(H,21,22)(H,23,24). The smallest absolute Gasteiger partial charge is 0.320 e. The van der Waals surface area contributed by atoms with E-state index in [0.717, 1.165) is 4.90 Å². The summed E-state index contributed by atoms with van der Waals surface area (Å²) >= 11 is 0. The fourth-order valence-corrected chi connectivity index (χ4v) is 2.09. The molecule has 0 spiro atoms. The van der Waals surface area contributed by atoms with Crippen LogP contribution in [0.5, 0.6) is 0 Å². The average Bonchev–Trinajstić information content (AvgIpc) is 2.50. The molecule has 0 aliphatic heterocycles. The number of aliphatic hydroxyl groups is 1. The van der Waals surface area contributed by atoms with E-state index < -0.39 is 43.5 Å². The van der Waals surface area contributed by atoms with Gasteiger partial charge < -0.3 is 25.2 Å². The summed E-state index contributed by atoms with van der Waals surface area (Å²) in [5.74, 6) is -4.22. The van der Waals surface area contributed by atoms with Gasteiger partial charge in [-0.1, -0.05) is 0 Å². The molecule has 0 bridgehead atoms. The molecule has 0 unspecified atom stereocenters. The molecular weight excluding hydrogens is 352 g/mol. The molecule has 11 heteroatoms. The van der Waals surface area contributed by atoms with Crippen LogP contribution in [0.2, 0.25) is 0 Å². The summed E-state index contributed by atoms with van der Waals surface area (Å²) in [6.45, 7) is -1.62. The van der Waals surface area contributed by atoms with Crippen LogP contribution >= 0.6 is 0 Å². The fraction of sp³-hybridized carbons (Fsp3) is 0.733. The van der Waals surface area contributed by atoms with Gasteiger partial charge in [0, 0.05) is 19.7 Å². The van der Waals surface area contributed by atoms with Crippen molar-refractivity contribution in [2.45, 2.75) is 19.3 Å². The lowest BCUT2D eigenvalue weighted by atomic mass is 10.2. The van der Waals surface area contributed by atoms with E-state index in [1.54, 1.807) is 0 Å². The minimum absolute atomic E-state index is 0.00747. The number of carbonyl (C=O) groups excluding carboxylic acids is 1. The third-order valence-electron chi connectivity index (χ3n) is 3.23. The molecule has 0 aromatic heterocycles. The fourth-order valence-electron chi connectivity index (χ4n) is 2.09. The third-order valence-corrected chi connectivity index (χ3v) is 3.23. The number of carboxylic acids is 3. The van der Waals surface area contributed by atoms with Gasteiger partial charge in [-0.3, -0.25) is 29.0 Å². The van der Waals surface area contributed by atoms with Crippen molar-refractivity contribution < 1.29 is 44.3 Å². The molecular formula is C15H26N2O9. The van der Waals surface area contributed by atoms with Gasteiger partial charge in [0.15, 0.2) is 0 Å². The quantitative estimate of drug-likeness (QED) is 0.183. The Morgan fingerprint density at radius 2 is 1.15 bits per heavy atom. The van der Waals surface area contributed by atoms with Crippen molar-refractivity contribution in [2.24, 2.45) is 0 Å². The first-order chi connectivity index (χ1) is 12.2. The number of rotatable bonds is 16. The number of unbranched alkanes of at least 4 members (excludes halogenated alkanes) is 2. The minimum Gasteiger partial charge on any atom is -0.480 e. The monoisotopic (exact) mass is 378 g/mol. The van der Waals surface area contributed by atoms with Crippen molar-refractivity contribution in [3.63, 3.8) is 0 Å². The normalized spacial score (nSPS) is 10.9. The van der Waals surface area contributed by atoms with Gasteiger partial charge >= 0.3 is 23.9 Å². The van der Waals surface area contributed by atoms with Crippen molar-refractivity contribution in [1.82, 2.24) is 9.80 Å². The minimum atomic E-state index is -1.21. The van der Waals surface area contributed by atoms with Gasteiger partial charge in [-0.15, -0.1) is 0 Å². The number of carbonyl (C=O) groups is 4. The predicted octanol–water partition coefficient (Wildman–Crippen LogP) is -1.45. The molecule has 0 heterocycles. The Balaban J connectivity index is 4.47. The van der Waals surface area contributed by atoms with E-state index in [9.17, 15) is 19.2 Å². The maximum atomic E-state index is 11.8. The van der Waals surface area contributed by atoms with Gasteiger partial charge in [-0.25, -0.2) is 0 Å². The average molecular weight is 378 g/mol. The van der Waals surface area contributed by atoms with Crippen LogP contribution in [0, 0.1) is 0 Å². The zero-order valence-electron chi connectivity index (χ0n) is 14.5. The Bertz CT molecular complexity index is 454. The summed E-state index contributed by atoms with van der Waals surface area (Å²) in [6.07, 6.45) is 1.88. The Morgan fingerprint density at radius 3 is 1.58 bits per heavy atom. The molecule has 0 saturated carbocycles. The second kappa shape index (κ2) is 14.0. The Kier molecular flexibility index (Phi) is 12.8. The molecule has 11 nitrogen and oxygen atoms in total. The van der Waals surface area contributed by atoms with Crippen LogP contribution in [-0.4, -0.2) is 107 Å². The maximum absolute atomic E-state index is 11.8. The van der Waals surface area contributed by atoms with Crippen molar-refractivity contribution in [1.29, 1.82) is 0 Å². The van der Waals surface area contributed by atoms with Crippen molar-refractivity contribution >= 4 is 23.9 Å². The summed E-state index contributed by atoms with van der Waals surface area (Å²) in [4.78, 5) is 46.5. The van der Waals surface area contributed by atoms with Crippen LogP contribution in [0.25, 0.3) is 0 Å². The van der Waals surface area contributed by atoms with E-state index in [0.29, 0.717) is 19.3 Å². The van der Waals surface area contributed by atoms with Crippen LogP contribution in [0.4, 0.5) is 0 Å². The molecule has 0 saturated heterocycles. The lowest BCUT2D eigenvalue weighted by Crippen LogP contribution is -2.43. The van der Waals surface area contributed by atoms with Crippen molar-refractivity contribution in [3.05, 3.63) is 0 Å². The van der Waals surface area contributed by atoms with Crippen LogP contribution in [-0.2, 0) is 23.9 Å². The predicted molar refractivity (Wildman–Crippen MR) is 87.7 cm³/mol. The number of esters is 1.